The first-order chi connectivity index (χ1) is 11.3. The lowest BCUT2D eigenvalue weighted by Gasteiger charge is -2.31. The van der Waals surface area contributed by atoms with Crippen LogP contribution in [0.1, 0.15) is 24.1 Å². The molecule has 1 aliphatic rings. The summed E-state index contributed by atoms with van der Waals surface area (Å²) in [5.74, 6) is 0.650. The van der Waals surface area contributed by atoms with Crippen LogP contribution in [0.2, 0.25) is 0 Å². The Balaban J connectivity index is 1.48. The second-order valence-corrected chi connectivity index (χ2v) is 7.04. The van der Waals surface area contributed by atoms with Crippen LogP contribution in [0.15, 0.2) is 35.4 Å². The van der Waals surface area contributed by atoms with Crippen LogP contribution >= 0.6 is 11.8 Å². The molecule has 0 spiro atoms. The highest BCUT2D eigenvalue weighted by atomic mass is 32.2. The highest BCUT2D eigenvalue weighted by Gasteiger charge is 2.20. The summed E-state index contributed by atoms with van der Waals surface area (Å²) in [6.07, 6.45) is 6.35. The molecule has 5 nitrogen and oxygen atoms in total. The van der Waals surface area contributed by atoms with E-state index >= 15 is 0 Å². The van der Waals surface area contributed by atoms with Crippen molar-refractivity contribution in [2.75, 3.05) is 19.3 Å². The SMILES string of the molecule is CSc1cccc(CN2CCC(Cn3cc(CO)nn3)CC2)c1. The number of nitrogens with zero attached hydrogens (tertiary/aromatic N) is 4. The maximum Gasteiger partial charge on any atom is 0.108 e. The van der Waals surface area contributed by atoms with E-state index in [0.29, 0.717) is 11.6 Å². The first kappa shape index (κ1) is 16.5. The standard InChI is InChI=1S/C17H24N4OS/c1-23-17-4-2-3-15(9-17)10-20-7-5-14(6-8-20)11-21-12-16(13-22)18-19-21/h2-4,9,12,14,22H,5-8,10-11,13H2,1H3. The normalized spacial score (nSPS) is 16.8. The average molecular weight is 332 g/mol. The molecule has 124 valence electrons. The Morgan fingerprint density at radius 2 is 2.13 bits per heavy atom. The Labute approximate surface area is 141 Å². The van der Waals surface area contributed by atoms with E-state index < -0.39 is 0 Å². The zero-order valence-electron chi connectivity index (χ0n) is 13.6. The molecule has 0 bridgehead atoms. The summed E-state index contributed by atoms with van der Waals surface area (Å²) in [5, 5.41) is 17.1. The van der Waals surface area contributed by atoms with Crippen molar-refractivity contribution in [2.45, 2.75) is 37.4 Å². The number of piperidine rings is 1. The van der Waals surface area contributed by atoms with E-state index in [2.05, 4.69) is 45.7 Å². The molecule has 0 atom stereocenters. The summed E-state index contributed by atoms with van der Waals surface area (Å²) in [7, 11) is 0. The number of thioether (sulfide) groups is 1. The molecule has 0 amide bonds. The van der Waals surface area contributed by atoms with Gasteiger partial charge in [-0.2, -0.15) is 0 Å². The summed E-state index contributed by atoms with van der Waals surface area (Å²) in [6, 6.07) is 8.83. The van der Waals surface area contributed by atoms with E-state index in [-0.39, 0.29) is 6.61 Å². The molecule has 3 rings (SSSR count). The molecule has 1 N–H and O–H groups in total. The quantitative estimate of drug-likeness (QED) is 0.823. The molecule has 1 aromatic heterocycles. The van der Waals surface area contributed by atoms with Gasteiger partial charge in [-0.25, -0.2) is 0 Å². The summed E-state index contributed by atoms with van der Waals surface area (Å²) in [4.78, 5) is 3.87. The molecule has 23 heavy (non-hydrogen) atoms. The van der Waals surface area contributed by atoms with Crippen molar-refractivity contribution in [3.63, 3.8) is 0 Å². The second kappa shape index (κ2) is 7.95. The number of aliphatic hydroxyl groups is 1. The molecule has 0 saturated carbocycles. The van der Waals surface area contributed by atoms with Crippen LogP contribution in [0.3, 0.4) is 0 Å². The maximum absolute atomic E-state index is 9.05. The Kier molecular flexibility index (Phi) is 5.70. The topological polar surface area (TPSA) is 54.2 Å². The van der Waals surface area contributed by atoms with E-state index in [9.17, 15) is 0 Å². The fourth-order valence-electron chi connectivity index (χ4n) is 3.12. The van der Waals surface area contributed by atoms with Gasteiger partial charge in [-0.15, -0.1) is 16.9 Å². The lowest BCUT2D eigenvalue weighted by atomic mass is 9.96. The van der Waals surface area contributed by atoms with Gasteiger partial charge in [-0.3, -0.25) is 9.58 Å². The van der Waals surface area contributed by atoms with Crippen LogP contribution in [0.4, 0.5) is 0 Å². The smallest absolute Gasteiger partial charge is 0.108 e. The molecule has 2 aromatic rings. The minimum absolute atomic E-state index is 0.0342. The van der Waals surface area contributed by atoms with Gasteiger partial charge in [-0.1, -0.05) is 17.3 Å². The molecule has 1 aliphatic heterocycles. The van der Waals surface area contributed by atoms with Gasteiger partial charge in [0.1, 0.15) is 5.69 Å². The van der Waals surface area contributed by atoms with Gasteiger partial charge in [0.2, 0.25) is 0 Å². The van der Waals surface area contributed by atoms with Crippen LogP contribution in [0.25, 0.3) is 0 Å². The third kappa shape index (κ3) is 4.56. The van der Waals surface area contributed by atoms with Crippen molar-refractivity contribution < 1.29 is 5.11 Å². The van der Waals surface area contributed by atoms with Crippen molar-refractivity contribution in [3.05, 3.63) is 41.7 Å². The Morgan fingerprint density at radius 3 is 2.83 bits per heavy atom. The lowest BCUT2D eigenvalue weighted by Crippen LogP contribution is -2.34. The highest BCUT2D eigenvalue weighted by Crippen LogP contribution is 2.22. The molecule has 0 aliphatic carbocycles. The summed E-state index contributed by atoms with van der Waals surface area (Å²) < 4.78 is 1.87. The monoisotopic (exact) mass is 332 g/mol. The molecule has 2 heterocycles. The Hall–Kier alpha value is -1.37. The number of benzene rings is 1. The highest BCUT2D eigenvalue weighted by molar-refractivity contribution is 7.98. The molecule has 1 fully saturated rings. The van der Waals surface area contributed by atoms with Gasteiger partial charge in [-0.05, 0) is 55.8 Å². The molecule has 6 heteroatoms. The van der Waals surface area contributed by atoms with Crippen molar-refractivity contribution >= 4 is 11.8 Å². The van der Waals surface area contributed by atoms with E-state index in [4.69, 9.17) is 5.11 Å². The van der Waals surface area contributed by atoms with Gasteiger partial charge in [0.15, 0.2) is 0 Å². The number of hydrogen-bond acceptors (Lipinski definition) is 5. The first-order valence-corrected chi connectivity index (χ1v) is 9.34. The van der Waals surface area contributed by atoms with Gasteiger partial charge in [0.25, 0.3) is 0 Å². The van der Waals surface area contributed by atoms with E-state index in [0.717, 1.165) is 26.2 Å². The molecule has 0 radical (unpaired) electrons. The van der Waals surface area contributed by atoms with Crippen LogP contribution in [0, 0.1) is 5.92 Å². The Bertz CT molecular complexity index is 623. The van der Waals surface area contributed by atoms with Crippen LogP contribution in [0.5, 0.6) is 0 Å². The number of hydrogen-bond donors (Lipinski definition) is 1. The second-order valence-electron chi connectivity index (χ2n) is 6.16. The van der Waals surface area contributed by atoms with E-state index in [1.807, 2.05) is 10.9 Å². The summed E-state index contributed by atoms with van der Waals surface area (Å²) >= 11 is 1.80. The zero-order chi connectivity index (χ0) is 16.1. The van der Waals surface area contributed by atoms with Gasteiger partial charge in [0.05, 0.1) is 12.8 Å². The van der Waals surface area contributed by atoms with Crippen molar-refractivity contribution in [1.82, 2.24) is 19.9 Å². The van der Waals surface area contributed by atoms with Gasteiger partial charge < -0.3 is 5.11 Å². The van der Waals surface area contributed by atoms with E-state index in [1.165, 1.54) is 23.3 Å². The van der Waals surface area contributed by atoms with E-state index in [1.54, 1.807) is 11.8 Å². The largest absolute Gasteiger partial charge is 0.390 e. The predicted octanol–water partition coefficient (Wildman–Crippen LogP) is 2.40. The summed E-state index contributed by atoms with van der Waals surface area (Å²) in [5.41, 5.74) is 2.05. The molecule has 1 aromatic carbocycles. The van der Waals surface area contributed by atoms with Gasteiger partial charge in [0, 0.05) is 18.0 Å². The van der Waals surface area contributed by atoms with Gasteiger partial charge >= 0.3 is 0 Å². The molecule has 0 unspecified atom stereocenters. The lowest BCUT2D eigenvalue weighted by molar-refractivity contribution is 0.164. The third-order valence-corrected chi connectivity index (χ3v) is 5.17. The number of likely N-dealkylation sites (tertiary alicyclic amines) is 1. The van der Waals surface area contributed by atoms with Crippen LogP contribution < -0.4 is 0 Å². The minimum atomic E-state index is -0.0342. The van der Waals surface area contributed by atoms with Crippen LogP contribution in [-0.2, 0) is 19.7 Å². The number of rotatable bonds is 6. The number of aromatic nitrogens is 3. The van der Waals surface area contributed by atoms with Crippen molar-refractivity contribution in [2.24, 2.45) is 5.92 Å². The fraction of sp³-hybridized carbons (Fsp3) is 0.529. The van der Waals surface area contributed by atoms with Crippen molar-refractivity contribution in [3.8, 4) is 0 Å². The minimum Gasteiger partial charge on any atom is -0.390 e. The first-order valence-electron chi connectivity index (χ1n) is 8.12. The maximum atomic E-state index is 9.05. The molecule has 1 saturated heterocycles. The van der Waals surface area contributed by atoms with Crippen molar-refractivity contribution in [1.29, 1.82) is 0 Å². The Morgan fingerprint density at radius 1 is 1.30 bits per heavy atom. The average Bonchev–Trinajstić information content (AvgIpc) is 3.04. The third-order valence-electron chi connectivity index (χ3n) is 4.44. The summed E-state index contributed by atoms with van der Waals surface area (Å²) in [6.45, 7) is 4.18. The molecular formula is C17H24N4OS. The fourth-order valence-corrected chi connectivity index (χ4v) is 3.60. The van der Waals surface area contributed by atoms with Crippen LogP contribution in [-0.4, -0.2) is 44.3 Å². The predicted molar refractivity (Wildman–Crippen MR) is 92.2 cm³/mol. The zero-order valence-corrected chi connectivity index (χ0v) is 14.4. The molecular weight excluding hydrogens is 308 g/mol. The number of aliphatic hydroxyl groups excluding tert-OH is 1.